The van der Waals surface area contributed by atoms with E-state index in [1.165, 1.54) is 0 Å². The molecule has 76 valence electrons. The fourth-order valence-corrected chi connectivity index (χ4v) is 2.23. The molecule has 1 aromatic carbocycles. The second-order valence-corrected chi connectivity index (χ2v) is 5.11. The Bertz CT molecular complexity index is 493. The maximum absolute atomic E-state index is 12.0. The highest BCUT2D eigenvalue weighted by molar-refractivity contribution is 14.1. The number of aromatic nitrogens is 1. The Kier molecular flexibility index (Phi) is 3.25. The summed E-state index contributed by atoms with van der Waals surface area (Å²) in [5, 5.41) is 0. The van der Waals surface area contributed by atoms with Crippen molar-refractivity contribution in [3.05, 3.63) is 55.8 Å². The third-order valence-electron chi connectivity index (χ3n) is 2.02. The van der Waals surface area contributed by atoms with Crippen LogP contribution in [0.3, 0.4) is 0 Å². The molecule has 1 aromatic heterocycles. The number of nitrogens with one attached hydrogen (secondary N) is 1. The number of hydrogen-bond donors (Lipinski definition) is 1. The minimum atomic E-state index is 0.0192. The molecular formula is C11H7BrINO. The van der Waals surface area contributed by atoms with Crippen LogP contribution in [0.15, 0.2) is 41.0 Å². The number of carbonyl (C=O) groups is 1. The first kappa shape index (κ1) is 10.9. The van der Waals surface area contributed by atoms with E-state index in [0.717, 1.165) is 8.04 Å². The van der Waals surface area contributed by atoms with Gasteiger partial charge in [0.2, 0.25) is 5.78 Å². The molecule has 0 spiro atoms. The summed E-state index contributed by atoms with van der Waals surface area (Å²) in [6.45, 7) is 0. The van der Waals surface area contributed by atoms with Gasteiger partial charge in [0.1, 0.15) is 0 Å². The van der Waals surface area contributed by atoms with Crippen LogP contribution in [0.25, 0.3) is 0 Å². The van der Waals surface area contributed by atoms with Crippen LogP contribution in [-0.4, -0.2) is 10.8 Å². The van der Waals surface area contributed by atoms with E-state index in [-0.39, 0.29) is 5.78 Å². The number of carbonyl (C=O) groups excluding carboxylic acids is 1. The number of aromatic amines is 1. The Morgan fingerprint density at radius 3 is 2.80 bits per heavy atom. The number of benzene rings is 1. The van der Waals surface area contributed by atoms with Gasteiger partial charge in [-0.2, -0.15) is 0 Å². The van der Waals surface area contributed by atoms with E-state index in [2.05, 4.69) is 43.5 Å². The van der Waals surface area contributed by atoms with E-state index < -0.39 is 0 Å². The molecule has 2 nitrogen and oxygen atoms in total. The molecule has 0 radical (unpaired) electrons. The first-order chi connectivity index (χ1) is 7.18. The summed E-state index contributed by atoms with van der Waals surface area (Å²) in [7, 11) is 0. The summed E-state index contributed by atoms with van der Waals surface area (Å²) < 4.78 is 1.87. The van der Waals surface area contributed by atoms with Gasteiger partial charge in [0, 0.05) is 19.8 Å². The lowest BCUT2D eigenvalue weighted by atomic mass is 10.1. The maximum Gasteiger partial charge on any atom is 0.210 e. The molecule has 2 rings (SSSR count). The molecule has 15 heavy (non-hydrogen) atoms. The summed E-state index contributed by atoms with van der Waals surface area (Å²) >= 11 is 5.52. The molecule has 4 heteroatoms. The summed E-state index contributed by atoms with van der Waals surface area (Å²) in [6.07, 6.45) is 1.75. The second-order valence-electron chi connectivity index (χ2n) is 3.04. The zero-order valence-electron chi connectivity index (χ0n) is 7.63. The third-order valence-corrected chi connectivity index (χ3v) is 3.45. The summed E-state index contributed by atoms with van der Waals surface area (Å²) in [4.78, 5) is 14.9. The zero-order valence-corrected chi connectivity index (χ0v) is 11.4. The molecular weight excluding hydrogens is 369 g/mol. The molecule has 0 saturated carbocycles. The van der Waals surface area contributed by atoms with Crippen molar-refractivity contribution in [3.8, 4) is 0 Å². The predicted octanol–water partition coefficient (Wildman–Crippen LogP) is 3.61. The fourth-order valence-electron chi connectivity index (χ4n) is 1.29. The number of rotatable bonds is 2. The van der Waals surface area contributed by atoms with E-state index in [1.54, 1.807) is 12.3 Å². The second kappa shape index (κ2) is 4.49. The minimum absolute atomic E-state index is 0.0192. The SMILES string of the molecule is O=C(c1ccc[nH]1)c1cc(Br)ccc1I. The van der Waals surface area contributed by atoms with E-state index in [4.69, 9.17) is 0 Å². The average molecular weight is 376 g/mol. The van der Waals surface area contributed by atoms with Crippen molar-refractivity contribution in [1.29, 1.82) is 0 Å². The fraction of sp³-hybridized carbons (Fsp3) is 0. The van der Waals surface area contributed by atoms with Crippen LogP contribution in [0.4, 0.5) is 0 Å². The molecule has 0 fully saturated rings. The van der Waals surface area contributed by atoms with Crippen molar-refractivity contribution < 1.29 is 4.79 Å². The van der Waals surface area contributed by atoms with Gasteiger partial charge >= 0.3 is 0 Å². The molecule has 1 heterocycles. The molecule has 2 aromatic rings. The summed E-state index contributed by atoms with van der Waals surface area (Å²) in [6, 6.07) is 9.27. The topological polar surface area (TPSA) is 32.9 Å². The van der Waals surface area contributed by atoms with Gasteiger partial charge in [0.05, 0.1) is 5.69 Å². The van der Waals surface area contributed by atoms with Gasteiger partial charge < -0.3 is 4.98 Å². The van der Waals surface area contributed by atoms with Gasteiger partial charge in [-0.05, 0) is 52.9 Å². The average Bonchev–Trinajstić information content (AvgIpc) is 2.74. The number of ketones is 1. The highest BCUT2D eigenvalue weighted by Gasteiger charge is 2.13. The van der Waals surface area contributed by atoms with Crippen molar-refractivity contribution >= 4 is 44.3 Å². The van der Waals surface area contributed by atoms with Crippen LogP contribution in [0.1, 0.15) is 16.1 Å². The maximum atomic E-state index is 12.0. The first-order valence-electron chi connectivity index (χ1n) is 4.31. The molecule has 0 atom stereocenters. The zero-order chi connectivity index (χ0) is 10.8. The van der Waals surface area contributed by atoms with Gasteiger partial charge in [0.15, 0.2) is 0 Å². The Balaban J connectivity index is 2.46. The van der Waals surface area contributed by atoms with Crippen LogP contribution in [0.2, 0.25) is 0 Å². The lowest BCUT2D eigenvalue weighted by Gasteiger charge is -2.02. The summed E-state index contributed by atoms with van der Waals surface area (Å²) in [5.74, 6) is 0.0192. The number of hydrogen-bond acceptors (Lipinski definition) is 1. The van der Waals surface area contributed by atoms with Gasteiger partial charge in [-0.1, -0.05) is 15.9 Å². The molecule has 1 N–H and O–H groups in total. The Morgan fingerprint density at radius 2 is 2.13 bits per heavy atom. The van der Waals surface area contributed by atoms with Gasteiger partial charge in [-0.25, -0.2) is 0 Å². The molecule has 0 saturated heterocycles. The van der Waals surface area contributed by atoms with Gasteiger partial charge in [-0.15, -0.1) is 0 Å². The van der Waals surface area contributed by atoms with E-state index in [1.807, 2.05) is 24.3 Å². The van der Waals surface area contributed by atoms with E-state index in [9.17, 15) is 4.79 Å². The van der Waals surface area contributed by atoms with Crippen LogP contribution in [0.5, 0.6) is 0 Å². The standard InChI is InChI=1S/C11H7BrINO/c12-7-3-4-9(13)8(6-7)11(15)10-2-1-5-14-10/h1-6,14H. The van der Waals surface area contributed by atoms with Crippen LogP contribution in [-0.2, 0) is 0 Å². The van der Waals surface area contributed by atoms with Crippen molar-refractivity contribution in [2.75, 3.05) is 0 Å². The highest BCUT2D eigenvalue weighted by atomic mass is 127. The van der Waals surface area contributed by atoms with Crippen molar-refractivity contribution in [3.63, 3.8) is 0 Å². The third kappa shape index (κ3) is 2.31. The Hall–Kier alpha value is -0.620. The Labute approximate surface area is 109 Å². The first-order valence-corrected chi connectivity index (χ1v) is 6.19. The van der Waals surface area contributed by atoms with Gasteiger partial charge in [-0.3, -0.25) is 4.79 Å². The minimum Gasteiger partial charge on any atom is -0.359 e. The van der Waals surface area contributed by atoms with E-state index >= 15 is 0 Å². The Morgan fingerprint density at radius 1 is 1.33 bits per heavy atom. The van der Waals surface area contributed by atoms with Gasteiger partial charge in [0.25, 0.3) is 0 Å². The van der Waals surface area contributed by atoms with Crippen molar-refractivity contribution in [2.45, 2.75) is 0 Å². The molecule has 0 amide bonds. The van der Waals surface area contributed by atoms with E-state index in [0.29, 0.717) is 11.3 Å². The van der Waals surface area contributed by atoms with Crippen LogP contribution >= 0.6 is 38.5 Å². The summed E-state index contributed by atoms with van der Waals surface area (Å²) in [5.41, 5.74) is 1.33. The number of H-pyrrole nitrogens is 1. The smallest absolute Gasteiger partial charge is 0.210 e. The van der Waals surface area contributed by atoms with Crippen LogP contribution in [0, 0.1) is 3.57 Å². The number of halogens is 2. The largest absolute Gasteiger partial charge is 0.359 e. The van der Waals surface area contributed by atoms with Crippen molar-refractivity contribution in [1.82, 2.24) is 4.98 Å². The molecule has 0 aliphatic heterocycles. The normalized spacial score (nSPS) is 10.3. The lowest BCUT2D eigenvalue weighted by molar-refractivity contribution is 0.103. The quantitative estimate of drug-likeness (QED) is 0.631. The molecule has 0 unspecified atom stereocenters. The van der Waals surface area contributed by atoms with Crippen LogP contribution < -0.4 is 0 Å². The molecule has 0 aliphatic carbocycles. The molecule has 0 aliphatic rings. The lowest BCUT2D eigenvalue weighted by Crippen LogP contribution is -2.03. The highest BCUT2D eigenvalue weighted by Crippen LogP contribution is 2.20. The predicted molar refractivity (Wildman–Crippen MR) is 71.1 cm³/mol. The monoisotopic (exact) mass is 375 g/mol. The van der Waals surface area contributed by atoms with Crippen molar-refractivity contribution in [2.24, 2.45) is 0 Å². The molecule has 0 bridgehead atoms.